The lowest BCUT2D eigenvalue weighted by molar-refractivity contribution is 0.0362. The molecule has 0 radical (unpaired) electrons. The number of hydrogen-bond donors (Lipinski definition) is 0. The van der Waals surface area contributed by atoms with Crippen molar-refractivity contribution in [2.75, 3.05) is 32.8 Å². The van der Waals surface area contributed by atoms with Gasteiger partial charge in [-0.15, -0.1) is 0 Å². The van der Waals surface area contributed by atoms with E-state index >= 15 is 0 Å². The molecule has 1 aliphatic rings. The molecule has 0 N–H and O–H groups in total. The summed E-state index contributed by atoms with van der Waals surface area (Å²) in [5.74, 6) is -0.330. The lowest BCUT2D eigenvalue weighted by Crippen LogP contribution is -2.39. The molecule has 0 spiro atoms. The van der Waals surface area contributed by atoms with Crippen molar-refractivity contribution < 1.29 is 9.13 Å². The van der Waals surface area contributed by atoms with E-state index in [0.29, 0.717) is 48.0 Å². The van der Waals surface area contributed by atoms with Gasteiger partial charge in [0.2, 0.25) is 5.13 Å². The Labute approximate surface area is 215 Å². The molecule has 0 amide bonds. The minimum atomic E-state index is -0.330. The third-order valence-electron chi connectivity index (χ3n) is 6.93. The van der Waals surface area contributed by atoms with Crippen LogP contribution in [0, 0.1) is 12.7 Å². The number of aromatic nitrogens is 4. The second-order valence-corrected chi connectivity index (χ2v) is 10.2. The van der Waals surface area contributed by atoms with E-state index in [1.54, 1.807) is 26.1 Å². The molecule has 0 aliphatic carbocycles. The summed E-state index contributed by atoms with van der Waals surface area (Å²) >= 11 is 1.42. The van der Waals surface area contributed by atoms with Gasteiger partial charge in [0.25, 0.3) is 11.1 Å². The molecule has 0 bridgehead atoms. The van der Waals surface area contributed by atoms with Crippen LogP contribution in [0.3, 0.4) is 0 Å². The smallest absolute Gasteiger partial charge is 0.283 e. The van der Waals surface area contributed by atoms with E-state index in [0.717, 1.165) is 28.9 Å². The number of para-hydroxylation sites is 1. The third kappa shape index (κ3) is 4.41. The molecule has 2 aromatic carbocycles. The van der Waals surface area contributed by atoms with Crippen molar-refractivity contribution in [1.29, 1.82) is 0 Å². The Morgan fingerprint density at radius 3 is 2.54 bits per heavy atom. The molecular weight excluding hydrogens is 493 g/mol. The van der Waals surface area contributed by atoms with E-state index in [1.807, 2.05) is 31.2 Å². The van der Waals surface area contributed by atoms with Crippen molar-refractivity contribution in [3.8, 4) is 5.13 Å². The third-order valence-corrected chi connectivity index (χ3v) is 7.94. The van der Waals surface area contributed by atoms with Gasteiger partial charge in [-0.25, -0.2) is 9.37 Å². The van der Waals surface area contributed by atoms with Crippen LogP contribution in [0.15, 0.2) is 64.2 Å². The minimum absolute atomic E-state index is 0.160. The van der Waals surface area contributed by atoms with Crippen molar-refractivity contribution in [2.45, 2.75) is 20.0 Å². The molecule has 4 heterocycles. The first kappa shape index (κ1) is 23.8. The topological polar surface area (TPSA) is 74.3 Å². The zero-order valence-electron chi connectivity index (χ0n) is 20.4. The molecule has 1 saturated heterocycles. The molecule has 37 heavy (non-hydrogen) atoms. The van der Waals surface area contributed by atoms with E-state index in [9.17, 15) is 14.0 Å². The van der Waals surface area contributed by atoms with Crippen LogP contribution >= 0.6 is 11.3 Å². The van der Waals surface area contributed by atoms with Crippen molar-refractivity contribution in [2.24, 2.45) is 0 Å². The Balaban J connectivity index is 1.51. The SMILES string of the molecule is Cc1c2c(=O)n(-c3nc4ccccc4s3)n(Cc3ccc(F)cc3)c2cc(=O)n1CCN1CCOCC1. The van der Waals surface area contributed by atoms with Crippen LogP contribution in [0.1, 0.15) is 11.3 Å². The van der Waals surface area contributed by atoms with Gasteiger partial charge in [-0.2, -0.15) is 4.68 Å². The summed E-state index contributed by atoms with van der Waals surface area (Å²) in [5.41, 5.74) is 2.39. The zero-order chi connectivity index (χ0) is 25.5. The summed E-state index contributed by atoms with van der Waals surface area (Å²) in [6.07, 6.45) is 0. The van der Waals surface area contributed by atoms with Crippen LogP contribution in [-0.4, -0.2) is 56.7 Å². The fraction of sp³-hybridized carbons (Fsp3) is 0.296. The summed E-state index contributed by atoms with van der Waals surface area (Å²) in [7, 11) is 0. The number of halogens is 1. The van der Waals surface area contributed by atoms with Gasteiger partial charge in [0.05, 0.1) is 40.9 Å². The number of pyridine rings is 1. The Hall–Kier alpha value is -3.60. The number of ether oxygens (including phenoxy) is 1. The van der Waals surface area contributed by atoms with Crippen LogP contribution in [0.25, 0.3) is 26.3 Å². The predicted molar refractivity (Wildman–Crippen MR) is 142 cm³/mol. The lowest BCUT2D eigenvalue weighted by atomic mass is 10.2. The molecule has 190 valence electrons. The Morgan fingerprint density at radius 2 is 1.78 bits per heavy atom. The van der Waals surface area contributed by atoms with Crippen molar-refractivity contribution >= 4 is 32.5 Å². The maximum atomic E-state index is 14.0. The maximum absolute atomic E-state index is 14.0. The van der Waals surface area contributed by atoms with E-state index in [1.165, 1.54) is 29.5 Å². The normalized spacial score (nSPS) is 14.6. The van der Waals surface area contributed by atoms with E-state index in [-0.39, 0.29) is 23.5 Å². The molecule has 8 nitrogen and oxygen atoms in total. The first-order chi connectivity index (χ1) is 18.0. The molecule has 3 aromatic heterocycles. The molecule has 0 atom stereocenters. The maximum Gasteiger partial charge on any atom is 0.283 e. The second-order valence-electron chi connectivity index (χ2n) is 9.20. The average Bonchev–Trinajstić information content (AvgIpc) is 3.44. The molecule has 0 saturated carbocycles. The highest BCUT2D eigenvalue weighted by Crippen LogP contribution is 2.26. The van der Waals surface area contributed by atoms with Gasteiger partial charge in [-0.3, -0.25) is 19.2 Å². The number of rotatable bonds is 6. The molecule has 10 heteroatoms. The van der Waals surface area contributed by atoms with Crippen LogP contribution in [0.2, 0.25) is 0 Å². The lowest BCUT2D eigenvalue weighted by Gasteiger charge is -2.27. The fourth-order valence-electron chi connectivity index (χ4n) is 4.95. The monoisotopic (exact) mass is 519 g/mol. The summed E-state index contributed by atoms with van der Waals surface area (Å²) in [6.45, 7) is 6.34. The van der Waals surface area contributed by atoms with Gasteiger partial charge in [-0.1, -0.05) is 35.6 Å². The molecule has 6 rings (SSSR count). The summed E-state index contributed by atoms with van der Waals surface area (Å²) < 4.78 is 25.0. The van der Waals surface area contributed by atoms with Crippen LogP contribution in [-0.2, 0) is 17.8 Å². The largest absolute Gasteiger partial charge is 0.379 e. The van der Waals surface area contributed by atoms with Crippen molar-refractivity contribution in [3.05, 3.63) is 92.4 Å². The standard InChI is InChI=1S/C27H26FN5O3S/c1-18-25-22(16-24(34)31(18)11-10-30-12-14-36-15-13-30)32(17-19-6-8-20(28)9-7-19)33(26(25)35)27-29-21-4-2-3-5-23(21)37-27/h2-9,16H,10-15,17H2,1H3. The zero-order valence-corrected chi connectivity index (χ0v) is 21.2. The first-order valence-corrected chi connectivity index (χ1v) is 13.1. The van der Waals surface area contributed by atoms with Crippen LogP contribution < -0.4 is 11.1 Å². The highest BCUT2D eigenvalue weighted by molar-refractivity contribution is 7.20. The fourth-order valence-corrected chi connectivity index (χ4v) is 5.92. The number of morpholine rings is 1. The molecule has 0 unspecified atom stereocenters. The molecule has 5 aromatic rings. The van der Waals surface area contributed by atoms with Gasteiger partial charge in [0, 0.05) is 37.9 Å². The summed E-state index contributed by atoms with van der Waals surface area (Å²) in [6, 6.07) is 15.4. The molecular formula is C27H26FN5O3S. The van der Waals surface area contributed by atoms with Crippen LogP contribution in [0.4, 0.5) is 4.39 Å². The Bertz CT molecular complexity index is 1680. The summed E-state index contributed by atoms with van der Waals surface area (Å²) in [4.78, 5) is 34.3. The highest BCUT2D eigenvalue weighted by Gasteiger charge is 2.22. The number of nitrogens with zero attached hydrogens (tertiary/aromatic N) is 5. The van der Waals surface area contributed by atoms with E-state index < -0.39 is 0 Å². The van der Waals surface area contributed by atoms with Gasteiger partial charge >= 0.3 is 0 Å². The van der Waals surface area contributed by atoms with E-state index in [2.05, 4.69) is 4.90 Å². The first-order valence-electron chi connectivity index (χ1n) is 12.3. The average molecular weight is 520 g/mol. The van der Waals surface area contributed by atoms with Gasteiger partial charge < -0.3 is 9.30 Å². The highest BCUT2D eigenvalue weighted by atomic mass is 32.1. The number of fused-ring (bicyclic) bond motifs is 2. The van der Waals surface area contributed by atoms with Crippen molar-refractivity contribution in [1.82, 2.24) is 23.8 Å². The van der Waals surface area contributed by atoms with Crippen LogP contribution in [0.5, 0.6) is 0 Å². The number of thiazole rings is 1. The van der Waals surface area contributed by atoms with Gasteiger partial charge in [0.15, 0.2) is 0 Å². The Morgan fingerprint density at radius 1 is 1.03 bits per heavy atom. The predicted octanol–water partition coefficient (Wildman–Crippen LogP) is 3.39. The van der Waals surface area contributed by atoms with Gasteiger partial charge in [-0.05, 0) is 36.8 Å². The molecule has 1 fully saturated rings. The Kier molecular flexibility index (Phi) is 6.23. The molecule has 1 aliphatic heterocycles. The number of hydrogen-bond acceptors (Lipinski definition) is 6. The quantitative estimate of drug-likeness (QED) is 0.344. The summed E-state index contributed by atoms with van der Waals surface area (Å²) in [5, 5.41) is 1.01. The van der Waals surface area contributed by atoms with Gasteiger partial charge in [0.1, 0.15) is 5.82 Å². The minimum Gasteiger partial charge on any atom is -0.379 e. The number of aryl methyl sites for hydroxylation is 1. The second kappa shape index (κ2) is 9.70. The van der Waals surface area contributed by atoms with E-state index in [4.69, 9.17) is 9.72 Å². The van der Waals surface area contributed by atoms with Crippen molar-refractivity contribution in [3.63, 3.8) is 0 Å². The number of benzene rings is 2.